The molecule has 0 heterocycles. The molecular formula is C13H28O6. The van der Waals surface area contributed by atoms with Gasteiger partial charge in [-0.3, -0.25) is 4.79 Å². The SMILES string of the molecule is C.C.CCOC(=O)COC(=O)C(C)(COC)COC. The van der Waals surface area contributed by atoms with Gasteiger partial charge in [-0.25, -0.2) is 4.79 Å². The molecule has 0 unspecified atom stereocenters. The van der Waals surface area contributed by atoms with E-state index >= 15 is 0 Å². The smallest absolute Gasteiger partial charge is 0.344 e. The van der Waals surface area contributed by atoms with E-state index in [-0.39, 0.29) is 34.7 Å². The lowest BCUT2D eigenvalue weighted by molar-refractivity contribution is -0.169. The molecule has 6 heteroatoms. The standard InChI is InChI=1S/C11H20O6.2CH4/c1-5-16-9(12)6-17-10(13)11(2,7-14-3)8-15-4;;/h5-8H2,1-4H3;2*1H4. The fourth-order valence-electron chi connectivity index (χ4n) is 1.30. The van der Waals surface area contributed by atoms with Crippen molar-refractivity contribution in [2.75, 3.05) is 40.6 Å². The van der Waals surface area contributed by atoms with Gasteiger partial charge in [0, 0.05) is 14.2 Å². The van der Waals surface area contributed by atoms with Gasteiger partial charge in [-0.15, -0.1) is 0 Å². The zero-order valence-corrected chi connectivity index (χ0v) is 10.8. The van der Waals surface area contributed by atoms with Gasteiger partial charge in [0.25, 0.3) is 0 Å². The molecule has 0 saturated carbocycles. The van der Waals surface area contributed by atoms with Crippen molar-refractivity contribution in [2.45, 2.75) is 28.7 Å². The Morgan fingerprint density at radius 3 is 1.84 bits per heavy atom. The minimum Gasteiger partial charge on any atom is -0.463 e. The van der Waals surface area contributed by atoms with Crippen molar-refractivity contribution < 1.29 is 28.5 Å². The fraction of sp³-hybridized carbons (Fsp3) is 0.846. The van der Waals surface area contributed by atoms with Gasteiger partial charge in [0.1, 0.15) is 5.41 Å². The van der Waals surface area contributed by atoms with Crippen LogP contribution >= 0.6 is 0 Å². The first-order valence-electron chi connectivity index (χ1n) is 5.31. The summed E-state index contributed by atoms with van der Waals surface area (Å²) >= 11 is 0. The van der Waals surface area contributed by atoms with Crippen molar-refractivity contribution in [3.05, 3.63) is 0 Å². The lowest BCUT2D eigenvalue weighted by Gasteiger charge is -2.25. The lowest BCUT2D eigenvalue weighted by atomic mass is 9.93. The molecule has 0 aromatic heterocycles. The second-order valence-electron chi connectivity index (χ2n) is 3.81. The van der Waals surface area contributed by atoms with Crippen molar-refractivity contribution >= 4 is 11.9 Å². The molecule has 6 nitrogen and oxygen atoms in total. The van der Waals surface area contributed by atoms with Crippen LogP contribution in [0.15, 0.2) is 0 Å². The minimum atomic E-state index is -0.921. The Hall–Kier alpha value is -1.14. The van der Waals surface area contributed by atoms with Gasteiger partial charge >= 0.3 is 11.9 Å². The Balaban J connectivity index is -0.00000128. The van der Waals surface area contributed by atoms with E-state index < -0.39 is 24.0 Å². The largest absolute Gasteiger partial charge is 0.463 e. The molecule has 116 valence electrons. The Kier molecular flexibility index (Phi) is 14.4. The molecule has 0 spiro atoms. The summed E-state index contributed by atoms with van der Waals surface area (Å²) in [5.74, 6) is -1.12. The van der Waals surface area contributed by atoms with Crippen molar-refractivity contribution in [1.29, 1.82) is 0 Å². The van der Waals surface area contributed by atoms with Crippen LogP contribution in [0.4, 0.5) is 0 Å². The highest BCUT2D eigenvalue weighted by Crippen LogP contribution is 2.19. The van der Waals surface area contributed by atoms with Gasteiger partial charge in [0.15, 0.2) is 6.61 Å². The molecule has 0 radical (unpaired) electrons. The predicted octanol–water partition coefficient (Wildman–Crippen LogP) is 1.66. The van der Waals surface area contributed by atoms with Gasteiger partial charge in [0.2, 0.25) is 0 Å². The van der Waals surface area contributed by atoms with E-state index in [0.29, 0.717) is 0 Å². The summed E-state index contributed by atoms with van der Waals surface area (Å²) in [5, 5.41) is 0. The molecule has 0 aliphatic rings. The molecule has 0 rings (SSSR count). The Morgan fingerprint density at radius 2 is 1.47 bits per heavy atom. The van der Waals surface area contributed by atoms with Crippen LogP contribution in [0.3, 0.4) is 0 Å². The first-order valence-corrected chi connectivity index (χ1v) is 5.31. The number of esters is 2. The topological polar surface area (TPSA) is 71.1 Å². The Labute approximate surface area is 116 Å². The average molecular weight is 280 g/mol. The third kappa shape index (κ3) is 8.56. The fourth-order valence-corrected chi connectivity index (χ4v) is 1.30. The predicted molar refractivity (Wildman–Crippen MR) is 72.9 cm³/mol. The monoisotopic (exact) mass is 280 g/mol. The zero-order valence-electron chi connectivity index (χ0n) is 10.8. The molecule has 0 aliphatic carbocycles. The molecule has 0 bridgehead atoms. The summed E-state index contributed by atoms with van der Waals surface area (Å²) < 4.78 is 19.4. The summed E-state index contributed by atoms with van der Waals surface area (Å²) in [4.78, 5) is 22.8. The number of rotatable bonds is 8. The van der Waals surface area contributed by atoms with Crippen LogP contribution in [0.5, 0.6) is 0 Å². The second-order valence-corrected chi connectivity index (χ2v) is 3.81. The quantitative estimate of drug-likeness (QED) is 0.630. The Morgan fingerprint density at radius 1 is 1.00 bits per heavy atom. The highest BCUT2D eigenvalue weighted by Gasteiger charge is 2.35. The van der Waals surface area contributed by atoms with Gasteiger partial charge < -0.3 is 18.9 Å². The first-order chi connectivity index (χ1) is 8.00. The van der Waals surface area contributed by atoms with Crippen molar-refractivity contribution in [3.8, 4) is 0 Å². The molecule has 0 amide bonds. The third-order valence-electron chi connectivity index (χ3n) is 2.05. The lowest BCUT2D eigenvalue weighted by Crippen LogP contribution is -2.39. The summed E-state index contributed by atoms with van der Waals surface area (Å²) in [6.45, 7) is 3.50. The van der Waals surface area contributed by atoms with Gasteiger partial charge in [-0.1, -0.05) is 14.9 Å². The molecule has 19 heavy (non-hydrogen) atoms. The molecule has 0 atom stereocenters. The van der Waals surface area contributed by atoms with Crippen molar-refractivity contribution in [3.63, 3.8) is 0 Å². The molecule has 0 aromatic carbocycles. The highest BCUT2D eigenvalue weighted by molar-refractivity contribution is 5.80. The summed E-state index contributed by atoms with van der Waals surface area (Å²) in [6.07, 6.45) is 0. The molecular weight excluding hydrogens is 252 g/mol. The molecule has 0 aliphatic heterocycles. The number of ether oxygens (including phenoxy) is 4. The Bertz CT molecular complexity index is 246. The van der Waals surface area contributed by atoms with Crippen LogP contribution < -0.4 is 0 Å². The van der Waals surface area contributed by atoms with Crippen molar-refractivity contribution in [1.82, 2.24) is 0 Å². The first kappa shape index (κ1) is 23.0. The number of hydrogen-bond acceptors (Lipinski definition) is 6. The van der Waals surface area contributed by atoms with Crippen LogP contribution in [0.2, 0.25) is 0 Å². The van der Waals surface area contributed by atoms with E-state index in [4.69, 9.17) is 14.2 Å². The maximum Gasteiger partial charge on any atom is 0.344 e. The zero-order chi connectivity index (χ0) is 13.3. The summed E-state index contributed by atoms with van der Waals surface area (Å²) in [7, 11) is 2.96. The number of hydrogen-bond donors (Lipinski definition) is 0. The van der Waals surface area contributed by atoms with Crippen LogP contribution in [-0.4, -0.2) is 52.6 Å². The number of carbonyl (C=O) groups excluding carboxylic acids is 2. The molecule has 0 saturated heterocycles. The maximum atomic E-state index is 11.8. The van der Waals surface area contributed by atoms with E-state index in [1.165, 1.54) is 14.2 Å². The summed E-state index contributed by atoms with van der Waals surface area (Å²) in [5.41, 5.74) is -0.921. The van der Waals surface area contributed by atoms with E-state index in [1.807, 2.05) is 0 Å². The normalized spacial score (nSPS) is 9.89. The maximum absolute atomic E-state index is 11.8. The van der Waals surface area contributed by atoms with Gasteiger partial charge in [-0.2, -0.15) is 0 Å². The van der Waals surface area contributed by atoms with Crippen LogP contribution in [0, 0.1) is 5.41 Å². The summed E-state index contributed by atoms with van der Waals surface area (Å²) in [6, 6.07) is 0. The van der Waals surface area contributed by atoms with Gasteiger partial charge in [0.05, 0.1) is 19.8 Å². The third-order valence-corrected chi connectivity index (χ3v) is 2.05. The molecule has 0 N–H and O–H groups in total. The number of carbonyl (C=O) groups is 2. The average Bonchev–Trinajstić information content (AvgIpc) is 2.27. The van der Waals surface area contributed by atoms with E-state index in [2.05, 4.69) is 4.74 Å². The van der Waals surface area contributed by atoms with E-state index in [0.717, 1.165) is 0 Å². The molecule has 0 fully saturated rings. The second kappa shape index (κ2) is 11.9. The van der Waals surface area contributed by atoms with Crippen LogP contribution in [0.25, 0.3) is 0 Å². The van der Waals surface area contributed by atoms with E-state index in [9.17, 15) is 9.59 Å². The number of methoxy groups -OCH3 is 2. The van der Waals surface area contributed by atoms with Gasteiger partial charge in [-0.05, 0) is 13.8 Å². The van der Waals surface area contributed by atoms with Crippen LogP contribution in [0.1, 0.15) is 28.7 Å². The van der Waals surface area contributed by atoms with Crippen LogP contribution in [-0.2, 0) is 28.5 Å². The van der Waals surface area contributed by atoms with Crippen molar-refractivity contribution in [2.24, 2.45) is 5.41 Å². The minimum absolute atomic E-state index is 0. The highest BCUT2D eigenvalue weighted by atomic mass is 16.6. The van der Waals surface area contributed by atoms with E-state index in [1.54, 1.807) is 13.8 Å². The molecule has 0 aromatic rings.